The van der Waals surface area contributed by atoms with Gasteiger partial charge in [-0.05, 0) is 24.3 Å². The van der Waals surface area contributed by atoms with E-state index in [-0.39, 0.29) is 0 Å². The van der Waals surface area contributed by atoms with Gasteiger partial charge in [0.1, 0.15) is 0 Å². The molecule has 0 aromatic rings. The van der Waals surface area contributed by atoms with Crippen molar-refractivity contribution >= 4 is 0 Å². The summed E-state index contributed by atoms with van der Waals surface area (Å²) in [6, 6.07) is 0. The van der Waals surface area contributed by atoms with E-state index in [1.807, 2.05) is 0 Å². The highest BCUT2D eigenvalue weighted by Gasteiger charge is 2.07. The molecule has 0 aromatic carbocycles. The highest BCUT2D eigenvalue weighted by atomic mass is 14.6. The number of nitrogens with two attached hydrogens (primary N) is 1. The van der Waals surface area contributed by atoms with Gasteiger partial charge in [0.25, 0.3) is 0 Å². The van der Waals surface area contributed by atoms with Crippen molar-refractivity contribution in [2.24, 2.45) is 11.7 Å². The van der Waals surface area contributed by atoms with Crippen LogP contribution in [0.25, 0.3) is 0 Å². The van der Waals surface area contributed by atoms with Gasteiger partial charge < -0.3 is 5.73 Å². The van der Waals surface area contributed by atoms with E-state index in [2.05, 4.69) is 26.0 Å². The lowest BCUT2D eigenvalue weighted by Gasteiger charge is -2.14. The monoisotopic (exact) mass is 137 g/mol. The van der Waals surface area contributed by atoms with Crippen LogP contribution in [-0.2, 0) is 0 Å². The third kappa shape index (κ3) is 1.41. The molecule has 0 atom stereocenters. The van der Waals surface area contributed by atoms with Gasteiger partial charge in [0.05, 0.1) is 0 Å². The zero-order valence-corrected chi connectivity index (χ0v) is 6.72. The van der Waals surface area contributed by atoms with Crippen molar-refractivity contribution in [1.82, 2.24) is 0 Å². The second-order valence-corrected chi connectivity index (χ2v) is 3.08. The van der Waals surface area contributed by atoms with Gasteiger partial charge in [0.2, 0.25) is 0 Å². The Kier molecular flexibility index (Phi) is 2.15. The Balaban J connectivity index is 2.79. The minimum absolute atomic E-state index is 0.580. The summed E-state index contributed by atoms with van der Waals surface area (Å²) in [7, 11) is 0. The molecule has 0 saturated heterocycles. The molecule has 10 heavy (non-hydrogen) atoms. The number of hydrogen-bond acceptors (Lipinski definition) is 1. The fourth-order valence-corrected chi connectivity index (χ4v) is 1.26. The predicted molar refractivity (Wildman–Crippen MR) is 44.4 cm³/mol. The van der Waals surface area contributed by atoms with Gasteiger partial charge in [-0.15, -0.1) is 0 Å². The molecule has 0 unspecified atom stereocenters. The fraction of sp³-hybridized carbons (Fsp3) is 0.556. The van der Waals surface area contributed by atoms with Crippen molar-refractivity contribution in [3.8, 4) is 0 Å². The Morgan fingerprint density at radius 1 is 1.50 bits per heavy atom. The zero-order valence-electron chi connectivity index (χ0n) is 6.72. The molecular weight excluding hydrogens is 122 g/mol. The summed E-state index contributed by atoms with van der Waals surface area (Å²) in [4.78, 5) is 0. The van der Waals surface area contributed by atoms with Crippen LogP contribution in [0, 0.1) is 5.92 Å². The standard InChI is InChI=1S/C9H15N/c1-7(2)8-5-3-4-6-9(8)10/h3,5,7H,4,6,10H2,1-2H3. The molecule has 2 N–H and O–H groups in total. The van der Waals surface area contributed by atoms with E-state index in [0.29, 0.717) is 5.92 Å². The maximum Gasteiger partial charge on any atom is 0.0119 e. The van der Waals surface area contributed by atoms with E-state index >= 15 is 0 Å². The van der Waals surface area contributed by atoms with Gasteiger partial charge in [-0.25, -0.2) is 0 Å². The van der Waals surface area contributed by atoms with E-state index in [1.54, 1.807) is 0 Å². The highest BCUT2D eigenvalue weighted by Crippen LogP contribution is 2.20. The average Bonchev–Trinajstić information content (AvgIpc) is 1.88. The van der Waals surface area contributed by atoms with Crippen LogP contribution in [0.4, 0.5) is 0 Å². The summed E-state index contributed by atoms with van der Waals surface area (Å²) >= 11 is 0. The van der Waals surface area contributed by atoms with Gasteiger partial charge in [-0.1, -0.05) is 26.0 Å². The normalized spacial score (nSPS) is 18.7. The van der Waals surface area contributed by atoms with Crippen molar-refractivity contribution in [2.45, 2.75) is 26.7 Å². The maximum absolute atomic E-state index is 5.81. The molecule has 0 amide bonds. The predicted octanol–water partition coefficient (Wildman–Crippen LogP) is 2.21. The Morgan fingerprint density at radius 2 is 2.20 bits per heavy atom. The molecule has 0 radical (unpaired) electrons. The molecule has 0 aromatic heterocycles. The molecule has 0 heterocycles. The molecule has 0 saturated carbocycles. The molecule has 0 spiro atoms. The molecule has 1 heteroatoms. The number of hydrogen-bond donors (Lipinski definition) is 1. The SMILES string of the molecule is CC(C)C1=C(N)CCC=C1. The van der Waals surface area contributed by atoms with Crippen molar-refractivity contribution < 1.29 is 0 Å². The van der Waals surface area contributed by atoms with Crippen LogP contribution in [0.15, 0.2) is 23.4 Å². The van der Waals surface area contributed by atoms with Crippen LogP contribution >= 0.6 is 0 Å². The summed E-state index contributed by atoms with van der Waals surface area (Å²) < 4.78 is 0. The minimum atomic E-state index is 0.580. The minimum Gasteiger partial charge on any atom is -0.402 e. The molecule has 1 aliphatic carbocycles. The van der Waals surface area contributed by atoms with Gasteiger partial charge in [-0.2, -0.15) is 0 Å². The van der Waals surface area contributed by atoms with Crippen LogP contribution in [-0.4, -0.2) is 0 Å². The smallest absolute Gasteiger partial charge is 0.0119 e. The zero-order chi connectivity index (χ0) is 7.56. The van der Waals surface area contributed by atoms with Crippen molar-refractivity contribution in [3.05, 3.63) is 23.4 Å². The van der Waals surface area contributed by atoms with E-state index in [0.717, 1.165) is 18.5 Å². The Labute approximate surface area is 62.6 Å². The summed E-state index contributed by atoms with van der Waals surface area (Å²) in [5.41, 5.74) is 8.21. The molecule has 1 rings (SSSR count). The summed E-state index contributed by atoms with van der Waals surface area (Å²) in [5.74, 6) is 0.580. The first-order chi connectivity index (χ1) is 4.72. The van der Waals surface area contributed by atoms with Crippen LogP contribution in [0.1, 0.15) is 26.7 Å². The third-order valence-electron chi connectivity index (χ3n) is 1.87. The van der Waals surface area contributed by atoms with Gasteiger partial charge in [0.15, 0.2) is 0 Å². The van der Waals surface area contributed by atoms with Crippen LogP contribution < -0.4 is 5.73 Å². The average molecular weight is 137 g/mol. The lowest BCUT2D eigenvalue weighted by molar-refractivity contribution is 0.749. The van der Waals surface area contributed by atoms with Crippen LogP contribution in [0.5, 0.6) is 0 Å². The molecule has 0 fully saturated rings. The van der Waals surface area contributed by atoms with Crippen molar-refractivity contribution in [3.63, 3.8) is 0 Å². The van der Waals surface area contributed by atoms with Crippen molar-refractivity contribution in [1.29, 1.82) is 0 Å². The maximum atomic E-state index is 5.81. The third-order valence-corrected chi connectivity index (χ3v) is 1.87. The van der Waals surface area contributed by atoms with Crippen LogP contribution in [0.2, 0.25) is 0 Å². The summed E-state index contributed by atoms with van der Waals surface area (Å²) in [6.07, 6.45) is 6.52. The summed E-state index contributed by atoms with van der Waals surface area (Å²) in [5, 5.41) is 0. The second kappa shape index (κ2) is 2.91. The highest BCUT2D eigenvalue weighted by molar-refractivity contribution is 5.28. The quantitative estimate of drug-likeness (QED) is 0.589. The largest absolute Gasteiger partial charge is 0.402 e. The first kappa shape index (κ1) is 7.39. The van der Waals surface area contributed by atoms with Gasteiger partial charge >= 0.3 is 0 Å². The molecule has 0 bridgehead atoms. The Hall–Kier alpha value is -0.720. The molecular formula is C9H15N. The van der Waals surface area contributed by atoms with E-state index in [1.165, 1.54) is 5.57 Å². The lowest BCUT2D eigenvalue weighted by atomic mass is 9.95. The summed E-state index contributed by atoms with van der Waals surface area (Å²) in [6.45, 7) is 4.36. The first-order valence-corrected chi connectivity index (χ1v) is 3.87. The Morgan fingerprint density at radius 3 is 2.60 bits per heavy atom. The van der Waals surface area contributed by atoms with Gasteiger partial charge in [0, 0.05) is 5.70 Å². The fourth-order valence-electron chi connectivity index (χ4n) is 1.26. The lowest BCUT2D eigenvalue weighted by Crippen LogP contribution is -2.07. The van der Waals surface area contributed by atoms with Crippen molar-refractivity contribution in [2.75, 3.05) is 0 Å². The van der Waals surface area contributed by atoms with Gasteiger partial charge in [-0.3, -0.25) is 0 Å². The van der Waals surface area contributed by atoms with E-state index in [9.17, 15) is 0 Å². The van der Waals surface area contributed by atoms with E-state index in [4.69, 9.17) is 5.73 Å². The number of rotatable bonds is 1. The number of allylic oxidation sites excluding steroid dienone is 4. The van der Waals surface area contributed by atoms with Crippen LogP contribution in [0.3, 0.4) is 0 Å². The molecule has 56 valence electrons. The Bertz CT molecular complexity index is 175. The first-order valence-electron chi connectivity index (χ1n) is 3.87. The molecule has 1 nitrogen and oxygen atoms in total. The topological polar surface area (TPSA) is 26.0 Å². The molecule has 1 aliphatic rings. The second-order valence-electron chi connectivity index (χ2n) is 3.08. The molecule has 0 aliphatic heterocycles. The van der Waals surface area contributed by atoms with E-state index < -0.39 is 0 Å².